The Bertz CT molecular complexity index is 924. The number of piperidine rings is 1. The Labute approximate surface area is 171 Å². The van der Waals surface area contributed by atoms with Crippen LogP contribution >= 0.6 is 0 Å². The molecule has 0 spiro atoms. The summed E-state index contributed by atoms with van der Waals surface area (Å²) in [5.41, 5.74) is 0.593. The minimum absolute atomic E-state index is 0.111. The van der Waals surface area contributed by atoms with E-state index in [1.165, 1.54) is 47.8 Å². The highest BCUT2D eigenvalue weighted by Gasteiger charge is 2.28. The Morgan fingerprint density at radius 1 is 0.828 bits per heavy atom. The van der Waals surface area contributed by atoms with Gasteiger partial charge in [0, 0.05) is 45.3 Å². The van der Waals surface area contributed by atoms with Crippen LogP contribution < -0.4 is 9.80 Å². The Morgan fingerprint density at radius 3 is 2.03 bits per heavy atom. The van der Waals surface area contributed by atoms with Crippen molar-refractivity contribution in [2.24, 2.45) is 0 Å². The number of hydrogen-bond acceptors (Lipinski definition) is 6. The molecule has 7 nitrogen and oxygen atoms in total. The molecule has 2 aromatic rings. The number of nitrogens with zero attached hydrogens (tertiary/aromatic N) is 5. The molecule has 29 heavy (non-hydrogen) atoms. The quantitative estimate of drug-likeness (QED) is 0.741. The molecule has 156 valence electrons. The number of aromatic nitrogens is 2. The molecule has 0 atom stereocenters. The summed E-state index contributed by atoms with van der Waals surface area (Å²) in [6.45, 7) is 4.02. The van der Waals surface area contributed by atoms with Gasteiger partial charge in [-0.25, -0.2) is 22.8 Å². The molecule has 4 rings (SSSR count). The number of hydrogen-bond donors (Lipinski definition) is 0. The van der Waals surface area contributed by atoms with Gasteiger partial charge >= 0.3 is 0 Å². The zero-order valence-corrected chi connectivity index (χ0v) is 17.2. The molecule has 3 heterocycles. The van der Waals surface area contributed by atoms with Crippen LogP contribution in [0.1, 0.15) is 24.8 Å². The SMILES string of the molecule is O=S(=O)(Cc1ccc(F)cc1)N1CCN(c2cc(N3CCCCC3)ncn2)CC1. The van der Waals surface area contributed by atoms with E-state index in [-0.39, 0.29) is 11.6 Å². The predicted molar refractivity (Wildman–Crippen MR) is 111 cm³/mol. The first-order chi connectivity index (χ1) is 14.0. The van der Waals surface area contributed by atoms with Crippen molar-refractivity contribution in [1.29, 1.82) is 0 Å². The van der Waals surface area contributed by atoms with Crippen LogP contribution in [-0.4, -0.2) is 62.0 Å². The zero-order chi connectivity index (χ0) is 20.3. The molecule has 0 N–H and O–H groups in total. The predicted octanol–water partition coefficient (Wildman–Crippen LogP) is 2.26. The minimum atomic E-state index is -3.44. The third-order valence-electron chi connectivity index (χ3n) is 5.54. The number of sulfonamides is 1. The van der Waals surface area contributed by atoms with Gasteiger partial charge < -0.3 is 9.80 Å². The van der Waals surface area contributed by atoms with E-state index in [9.17, 15) is 12.8 Å². The lowest BCUT2D eigenvalue weighted by Crippen LogP contribution is -2.49. The minimum Gasteiger partial charge on any atom is -0.356 e. The van der Waals surface area contributed by atoms with E-state index in [1.54, 1.807) is 6.33 Å². The summed E-state index contributed by atoms with van der Waals surface area (Å²) in [4.78, 5) is 13.2. The van der Waals surface area contributed by atoms with Crippen LogP contribution in [-0.2, 0) is 15.8 Å². The highest BCUT2D eigenvalue weighted by Crippen LogP contribution is 2.23. The van der Waals surface area contributed by atoms with Crippen molar-refractivity contribution in [3.8, 4) is 0 Å². The van der Waals surface area contributed by atoms with Crippen LogP contribution in [0.4, 0.5) is 16.0 Å². The van der Waals surface area contributed by atoms with E-state index in [1.807, 2.05) is 6.07 Å². The van der Waals surface area contributed by atoms with E-state index >= 15 is 0 Å². The van der Waals surface area contributed by atoms with Gasteiger partial charge in [0.1, 0.15) is 23.8 Å². The van der Waals surface area contributed by atoms with Crippen molar-refractivity contribution >= 4 is 21.7 Å². The van der Waals surface area contributed by atoms with Crippen LogP contribution in [0.3, 0.4) is 0 Å². The van der Waals surface area contributed by atoms with Gasteiger partial charge in [0.05, 0.1) is 5.75 Å². The standard InChI is InChI=1S/C20H26FN5O2S/c21-18-6-4-17(5-7-18)15-29(27,28)26-12-10-25(11-13-26)20-14-19(22-16-23-20)24-8-2-1-3-9-24/h4-7,14,16H,1-3,8-13,15H2. The van der Waals surface area contributed by atoms with E-state index in [0.29, 0.717) is 31.7 Å². The molecule has 0 bridgehead atoms. The van der Waals surface area contributed by atoms with Gasteiger partial charge in [0.2, 0.25) is 10.0 Å². The second kappa shape index (κ2) is 8.62. The summed E-state index contributed by atoms with van der Waals surface area (Å²) in [5.74, 6) is 1.31. The fraction of sp³-hybridized carbons (Fsp3) is 0.500. The van der Waals surface area contributed by atoms with E-state index < -0.39 is 10.0 Å². The van der Waals surface area contributed by atoms with Gasteiger partial charge in [0.15, 0.2) is 0 Å². The number of anilines is 2. The smallest absolute Gasteiger partial charge is 0.218 e. The molecule has 1 aromatic carbocycles. The molecule has 2 fully saturated rings. The van der Waals surface area contributed by atoms with Gasteiger partial charge in [-0.1, -0.05) is 12.1 Å². The highest BCUT2D eigenvalue weighted by atomic mass is 32.2. The van der Waals surface area contributed by atoms with E-state index in [0.717, 1.165) is 24.7 Å². The molecule has 0 unspecified atom stereocenters. The third kappa shape index (κ3) is 4.84. The fourth-order valence-corrected chi connectivity index (χ4v) is 5.40. The van der Waals surface area contributed by atoms with Crippen molar-refractivity contribution in [2.75, 3.05) is 49.1 Å². The molecular weight excluding hydrogens is 393 g/mol. The van der Waals surface area contributed by atoms with E-state index in [2.05, 4.69) is 19.8 Å². The van der Waals surface area contributed by atoms with Crippen molar-refractivity contribution < 1.29 is 12.8 Å². The number of rotatable bonds is 5. The lowest BCUT2D eigenvalue weighted by atomic mass is 10.1. The van der Waals surface area contributed by atoms with Crippen LogP contribution in [0, 0.1) is 5.82 Å². The van der Waals surface area contributed by atoms with E-state index in [4.69, 9.17) is 0 Å². The van der Waals surface area contributed by atoms with Crippen molar-refractivity contribution in [1.82, 2.24) is 14.3 Å². The maximum Gasteiger partial charge on any atom is 0.218 e. The Kier molecular flexibility index (Phi) is 5.96. The van der Waals surface area contributed by atoms with Crippen molar-refractivity contribution in [3.05, 3.63) is 48.0 Å². The van der Waals surface area contributed by atoms with Crippen LogP contribution in [0.2, 0.25) is 0 Å². The normalized spacial score (nSPS) is 18.8. The van der Waals surface area contributed by atoms with Crippen LogP contribution in [0.15, 0.2) is 36.7 Å². The average Bonchev–Trinajstić information content (AvgIpc) is 2.76. The van der Waals surface area contributed by atoms with Gasteiger partial charge in [-0.15, -0.1) is 0 Å². The van der Waals surface area contributed by atoms with Gasteiger partial charge in [-0.3, -0.25) is 0 Å². The van der Waals surface area contributed by atoms with Crippen molar-refractivity contribution in [3.63, 3.8) is 0 Å². The summed E-state index contributed by atoms with van der Waals surface area (Å²) >= 11 is 0. The number of halogens is 1. The zero-order valence-electron chi connectivity index (χ0n) is 16.4. The largest absolute Gasteiger partial charge is 0.356 e. The summed E-state index contributed by atoms with van der Waals surface area (Å²) < 4.78 is 40.0. The Hall–Kier alpha value is -2.26. The molecular formula is C20H26FN5O2S. The monoisotopic (exact) mass is 419 g/mol. The summed E-state index contributed by atoms with van der Waals surface area (Å²) in [6.07, 6.45) is 5.23. The Balaban J connectivity index is 1.38. The Morgan fingerprint density at radius 2 is 1.41 bits per heavy atom. The topological polar surface area (TPSA) is 69.6 Å². The maximum atomic E-state index is 13.0. The summed E-state index contributed by atoms with van der Waals surface area (Å²) in [6, 6.07) is 7.63. The van der Waals surface area contributed by atoms with Gasteiger partial charge in [-0.05, 0) is 37.0 Å². The van der Waals surface area contributed by atoms with Crippen molar-refractivity contribution in [2.45, 2.75) is 25.0 Å². The molecule has 1 aromatic heterocycles. The lowest BCUT2D eigenvalue weighted by Gasteiger charge is -2.35. The third-order valence-corrected chi connectivity index (χ3v) is 7.39. The van der Waals surface area contributed by atoms with Gasteiger partial charge in [0.25, 0.3) is 0 Å². The molecule has 2 aliphatic rings. The fourth-order valence-electron chi connectivity index (χ4n) is 3.88. The second-order valence-corrected chi connectivity index (χ2v) is 9.52. The number of benzene rings is 1. The molecule has 0 aliphatic carbocycles. The highest BCUT2D eigenvalue weighted by molar-refractivity contribution is 7.88. The first-order valence-electron chi connectivity index (χ1n) is 10.1. The molecule has 2 aliphatic heterocycles. The molecule has 0 amide bonds. The summed E-state index contributed by atoms with van der Waals surface area (Å²) in [7, 11) is -3.44. The first-order valence-corrected chi connectivity index (χ1v) is 11.7. The molecule has 9 heteroatoms. The number of piperazine rings is 1. The first kappa shape index (κ1) is 20.0. The molecule has 0 saturated carbocycles. The summed E-state index contributed by atoms with van der Waals surface area (Å²) in [5, 5.41) is 0. The average molecular weight is 420 g/mol. The molecule has 0 radical (unpaired) electrons. The van der Waals surface area contributed by atoms with Crippen LogP contribution in [0.5, 0.6) is 0 Å². The maximum absolute atomic E-state index is 13.0. The molecule has 2 saturated heterocycles. The second-order valence-electron chi connectivity index (χ2n) is 7.55. The lowest BCUT2D eigenvalue weighted by molar-refractivity contribution is 0.383. The van der Waals surface area contributed by atoms with Crippen LogP contribution in [0.25, 0.3) is 0 Å². The van der Waals surface area contributed by atoms with Gasteiger partial charge in [-0.2, -0.15) is 4.31 Å².